The van der Waals surface area contributed by atoms with Crippen LogP contribution in [0.15, 0.2) is 42.5 Å². The van der Waals surface area contributed by atoms with E-state index < -0.39 is 16.1 Å². The molecule has 1 saturated heterocycles. The van der Waals surface area contributed by atoms with Crippen molar-refractivity contribution < 1.29 is 22.7 Å². The van der Waals surface area contributed by atoms with Gasteiger partial charge in [-0.15, -0.1) is 0 Å². The number of carbonyl (C=O) groups excluding carboxylic acids is 1. The Morgan fingerprint density at radius 2 is 1.87 bits per heavy atom. The minimum Gasteiger partial charge on any atom is -0.497 e. The fourth-order valence-corrected chi connectivity index (χ4v) is 5.09. The first kappa shape index (κ1) is 22.4. The molecular weight excluding hydrogens is 430 g/mol. The lowest BCUT2D eigenvalue weighted by atomic mass is 10.2. The van der Waals surface area contributed by atoms with Crippen molar-refractivity contribution >= 4 is 33.4 Å². The molecule has 0 unspecified atom stereocenters. The predicted molar refractivity (Wildman–Crippen MR) is 115 cm³/mol. The smallest absolute Gasteiger partial charge is 0.282 e. The number of rotatable bonds is 7. The number of hydrogen-bond acceptors (Lipinski definition) is 5. The molecule has 3 rings (SSSR count). The van der Waals surface area contributed by atoms with Crippen molar-refractivity contribution in [2.75, 3.05) is 39.2 Å². The molecule has 2 aromatic carbocycles. The Kier molecular flexibility index (Phi) is 7.19. The van der Waals surface area contributed by atoms with E-state index in [1.807, 2.05) is 6.07 Å². The quantitative estimate of drug-likeness (QED) is 0.696. The summed E-state index contributed by atoms with van der Waals surface area (Å²) in [6.45, 7) is 0.563. The van der Waals surface area contributed by atoms with Gasteiger partial charge in [-0.05, 0) is 36.2 Å². The Balaban J connectivity index is 1.70. The van der Waals surface area contributed by atoms with Crippen molar-refractivity contribution in [3.8, 4) is 11.5 Å². The van der Waals surface area contributed by atoms with Crippen LogP contribution in [0.1, 0.15) is 12.0 Å². The second kappa shape index (κ2) is 9.65. The van der Waals surface area contributed by atoms with Gasteiger partial charge >= 0.3 is 0 Å². The van der Waals surface area contributed by atoms with Crippen LogP contribution in [-0.2, 0) is 21.5 Å². The Hall–Kier alpha value is -2.33. The number of methoxy groups -OCH3 is 2. The van der Waals surface area contributed by atoms with E-state index in [9.17, 15) is 13.2 Å². The van der Waals surface area contributed by atoms with Crippen molar-refractivity contribution in [3.05, 3.63) is 53.1 Å². The molecule has 0 spiro atoms. The lowest BCUT2D eigenvalue weighted by Gasteiger charge is -2.34. The third kappa shape index (κ3) is 5.23. The van der Waals surface area contributed by atoms with E-state index in [2.05, 4.69) is 5.32 Å². The Labute approximate surface area is 181 Å². The second-order valence-corrected chi connectivity index (χ2v) is 9.14. The first-order valence-corrected chi connectivity index (χ1v) is 11.1. The van der Waals surface area contributed by atoms with Gasteiger partial charge in [-0.1, -0.05) is 23.7 Å². The van der Waals surface area contributed by atoms with Gasteiger partial charge < -0.3 is 14.8 Å². The van der Waals surface area contributed by atoms with Gasteiger partial charge in [0.2, 0.25) is 5.91 Å². The van der Waals surface area contributed by atoms with Crippen LogP contribution in [-0.4, -0.2) is 56.8 Å². The van der Waals surface area contributed by atoms with Crippen LogP contribution in [0.3, 0.4) is 0 Å². The number of amides is 1. The van der Waals surface area contributed by atoms with Crippen LogP contribution in [0.5, 0.6) is 11.5 Å². The molecule has 8 nitrogen and oxygen atoms in total. The normalized spacial score (nSPS) is 16.8. The largest absolute Gasteiger partial charge is 0.497 e. The summed E-state index contributed by atoms with van der Waals surface area (Å²) in [5.74, 6) is 0.535. The summed E-state index contributed by atoms with van der Waals surface area (Å²) in [7, 11) is -0.782. The minimum atomic E-state index is -3.78. The van der Waals surface area contributed by atoms with Gasteiger partial charge in [0.05, 0.1) is 26.5 Å². The van der Waals surface area contributed by atoms with Crippen molar-refractivity contribution in [3.63, 3.8) is 0 Å². The van der Waals surface area contributed by atoms with E-state index in [0.29, 0.717) is 35.2 Å². The van der Waals surface area contributed by atoms with Gasteiger partial charge in [0, 0.05) is 30.7 Å². The number of hydrogen-bond donors (Lipinski definition) is 1. The zero-order valence-corrected chi connectivity index (χ0v) is 18.4. The van der Waals surface area contributed by atoms with Crippen LogP contribution < -0.4 is 14.8 Å². The van der Waals surface area contributed by atoms with E-state index in [1.165, 1.54) is 22.8 Å². The third-order valence-corrected chi connectivity index (χ3v) is 6.88. The third-order valence-electron chi connectivity index (χ3n) is 4.72. The van der Waals surface area contributed by atoms with Crippen LogP contribution in [0.2, 0.25) is 5.02 Å². The number of benzene rings is 2. The SMILES string of the molecule is COc1ccc(OC)c(NC(=O)CN2CCCN(Cc3cccc(Cl)c3)S2(=O)=O)c1. The number of anilines is 1. The van der Waals surface area contributed by atoms with Gasteiger partial charge in [-0.25, -0.2) is 0 Å². The number of ether oxygens (including phenoxy) is 2. The molecule has 1 heterocycles. The highest BCUT2D eigenvalue weighted by atomic mass is 35.5. The summed E-state index contributed by atoms with van der Waals surface area (Å²) in [5, 5.41) is 3.25. The van der Waals surface area contributed by atoms with Gasteiger partial charge in [-0.2, -0.15) is 17.0 Å². The molecule has 162 valence electrons. The molecule has 1 N–H and O–H groups in total. The van der Waals surface area contributed by atoms with Crippen LogP contribution in [0.25, 0.3) is 0 Å². The lowest BCUT2D eigenvalue weighted by molar-refractivity contribution is -0.116. The molecule has 0 radical (unpaired) electrons. The second-order valence-electron chi connectivity index (χ2n) is 6.77. The summed E-state index contributed by atoms with van der Waals surface area (Å²) in [5.41, 5.74) is 1.20. The van der Waals surface area contributed by atoms with Crippen molar-refractivity contribution in [2.45, 2.75) is 13.0 Å². The van der Waals surface area contributed by atoms with Crippen LogP contribution in [0, 0.1) is 0 Å². The molecule has 2 aromatic rings. The van der Waals surface area contributed by atoms with Crippen molar-refractivity contribution in [1.82, 2.24) is 8.61 Å². The van der Waals surface area contributed by atoms with E-state index in [0.717, 1.165) is 5.56 Å². The average Bonchev–Trinajstić information content (AvgIpc) is 2.71. The zero-order chi connectivity index (χ0) is 21.7. The van der Waals surface area contributed by atoms with Gasteiger partial charge in [0.25, 0.3) is 10.2 Å². The molecule has 1 aliphatic rings. The summed E-state index contributed by atoms with van der Waals surface area (Å²) in [6, 6.07) is 12.1. The van der Waals surface area contributed by atoms with Gasteiger partial charge in [0.1, 0.15) is 11.5 Å². The fraction of sp³-hybridized carbons (Fsp3) is 0.350. The first-order valence-electron chi connectivity index (χ1n) is 9.35. The molecular formula is C20H24ClN3O5S. The molecule has 30 heavy (non-hydrogen) atoms. The molecule has 10 heteroatoms. The van der Waals surface area contributed by atoms with Crippen LogP contribution >= 0.6 is 11.6 Å². The molecule has 1 aliphatic heterocycles. The van der Waals surface area contributed by atoms with E-state index in [-0.39, 0.29) is 19.6 Å². The summed E-state index contributed by atoms with van der Waals surface area (Å²) >= 11 is 6.00. The molecule has 0 aromatic heterocycles. The summed E-state index contributed by atoms with van der Waals surface area (Å²) in [4.78, 5) is 12.6. The highest BCUT2D eigenvalue weighted by molar-refractivity contribution is 7.86. The average molecular weight is 454 g/mol. The Bertz CT molecular complexity index is 1020. The maximum absolute atomic E-state index is 13.0. The monoisotopic (exact) mass is 453 g/mol. The standard InChI is InChI=1S/C20H24ClN3O5S/c1-28-17-7-8-19(29-2)18(12-17)22-20(25)14-24-10-4-9-23(30(24,26)27)13-15-5-3-6-16(21)11-15/h3,5-8,11-12H,4,9-10,13-14H2,1-2H3,(H,22,25). The Morgan fingerprint density at radius 3 is 2.57 bits per heavy atom. The number of nitrogens with one attached hydrogen (secondary N) is 1. The minimum absolute atomic E-state index is 0.199. The topological polar surface area (TPSA) is 88.2 Å². The highest BCUT2D eigenvalue weighted by Crippen LogP contribution is 2.29. The Morgan fingerprint density at radius 1 is 1.10 bits per heavy atom. The van der Waals surface area contributed by atoms with E-state index in [4.69, 9.17) is 21.1 Å². The molecule has 1 amide bonds. The maximum atomic E-state index is 13.0. The lowest BCUT2D eigenvalue weighted by Crippen LogP contribution is -2.51. The van der Waals surface area contributed by atoms with E-state index in [1.54, 1.807) is 36.4 Å². The highest BCUT2D eigenvalue weighted by Gasteiger charge is 2.34. The molecule has 0 saturated carbocycles. The number of carbonyl (C=O) groups is 1. The van der Waals surface area contributed by atoms with Crippen molar-refractivity contribution in [2.24, 2.45) is 0 Å². The number of nitrogens with zero attached hydrogens (tertiary/aromatic N) is 2. The fourth-order valence-electron chi connectivity index (χ4n) is 3.24. The predicted octanol–water partition coefficient (Wildman–Crippen LogP) is 2.75. The zero-order valence-electron chi connectivity index (χ0n) is 16.8. The van der Waals surface area contributed by atoms with Crippen molar-refractivity contribution in [1.29, 1.82) is 0 Å². The van der Waals surface area contributed by atoms with Gasteiger partial charge in [0.15, 0.2) is 0 Å². The summed E-state index contributed by atoms with van der Waals surface area (Å²) in [6.07, 6.45) is 0.621. The molecule has 1 fully saturated rings. The van der Waals surface area contributed by atoms with Crippen LogP contribution in [0.4, 0.5) is 5.69 Å². The van der Waals surface area contributed by atoms with Gasteiger partial charge in [-0.3, -0.25) is 4.79 Å². The molecule has 0 bridgehead atoms. The first-order chi connectivity index (χ1) is 14.3. The number of halogens is 1. The maximum Gasteiger partial charge on any atom is 0.282 e. The van der Waals surface area contributed by atoms with E-state index >= 15 is 0 Å². The molecule has 0 aliphatic carbocycles. The summed E-state index contributed by atoms with van der Waals surface area (Å²) < 4.78 is 39.0. The molecule has 0 atom stereocenters.